The molecule has 15 aromatic carbocycles. The van der Waals surface area contributed by atoms with E-state index in [9.17, 15) is 0 Å². The van der Waals surface area contributed by atoms with Crippen LogP contribution in [0.2, 0.25) is 0 Å². The van der Waals surface area contributed by atoms with Crippen molar-refractivity contribution in [1.82, 2.24) is 0 Å². The molecular weight excluding hydrogens is 1400 g/mol. The predicted molar refractivity (Wildman–Crippen MR) is 487 cm³/mol. The summed E-state index contributed by atoms with van der Waals surface area (Å²) in [5.74, 6) is 4.51. The zero-order valence-electron chi connectivity index (χ0n) is 65.0. The van der Waals surface area contributed by atoms with Gasteiger partial charge in [0.15, 0.2) is 0 Å². The topological polar surface area (TPSA) is 19.4 Å². The zero-order chi connectivity index (χ0) is 75.8. The van der Waals surface area contributed by atoms with Gasteiger partial charge in [-0.3, -0.25) is 0 Å². The highest BCUT2D eigenvalue weighted by Gasteiger charge is 2.54. The lowest BCUT2D eigenvalue weighted by atomic mass is 9.30. The van der Waals surface area contributed by atoms with Crippen LogP contribution in [0.1, 0.15) is 51.4 Å². The molecular formula is C108H86B2N6. The van der Waals surface area contributed by atoms with E-state index in [4.69, 9.17) is 0 Å². The second-order valence-corrected chi connectivity index (χ2v) is 35.0. The van der Waals surface area contributed by atoms with E-state index in [0.29, 0.717) is 23.9 Å². The molecule has 15 aromatic rings. The number of fused-ring (bicyclic) bond motifs is 12. The van der Waals surface area contributed by atoms with E-state index >= 15 is 0 Å². The highest BCUT2D eigenvalue weighted by molar-refractivity contribution is 7.03. The maximum Gasteiger partial charge on any atom is 0.252 e. The molecule has 8 unspecified atom stereocenters. The molecule has 6 heterocycles. The number of benzene rings is 15. The Bertz CT molecular complexity index is 6240. The highest BCUT2D eigenvalue weighted by Crippen LogP contribution is 2.60. The summed E-state index contributed by atoms with van der Waals surface area (Å²) in [5, 5.41) is 0. The van der Waals surface area contributed by atoms with Crippen molar-refractivity contribution in [1.29, 1.82) is 0 Å². The summed E-state index contributed by atoms with van der Waals surface area (Å²) in [6.45, 7) is 1.74. The van der Waals surface area contributed by atoms with Crippen LogP contribution in [0.25, 0.3) is 66.8 Å². The second kappa shape index (κ2) is 26.4. The third kappa shape index (κ3) is 10.2. The number of hydrogen-bond donors (Lipinski definition) is 0. The van der Waals surface area contributed by atoms with Crippen LogP contribution in [0.3, 0.4) is 0 Å². The Morgan fingerprint density at radius 1 is 0.207 bits per heavy atom. The highest BCUT2D eigenvalue weighted by atomic mass is 15.2. The van der Waals surface area contributed by atoms with Gasteiger partial charge in [0.2, 0.25) is 0 Å². The molecule has 6 nitrogen and oxygen atoms in total. The predicted octanol–water partition coefficient (Wildman–Crippen LogP) is 23.1. The van der Waals surface area contributed by atoms with Crippen LogP contribution in [-0.2, 0) is 0 Å². The number of anilines is 14. The summed E-state index contributed by atoms with van der Waals surface area (Å²) in [7, 11) is 0. The monoisotopic (exact) mass is 1490 g/mol. The van der Waals surface area contributed by atoms with Crippen LogP contribution < -0.4 is 62.2 Å². The Morgan fingerprint density at radius 3 is 0.853 bits per heavy atom. The first-order chi connectivity index (χ1) is 57.5. The summed E-state index contributed by atoms with van der Waals surface area (Å²) in [4.78, 5) is 16.9. The smallest absolute Gasteiger partial charge is 0.252 e. The van der Waals surface area contributed by atoms with Gasteiger partial charge in [-0.25, -0.2) is 0 Å². The molecule has 2 saturated heterocycles. The van der Waals surface area contributed by atoms with Gasteiger partial charge in [0.25, 0.3) is 13.4 Å². The molecule has 0 amide bonds. The standard InChI is InChI=1S/C108H86B2N6/c1-8-29-71(30-9-1)86-43-26-44-87(72-31-10-2-11-32-72)106(86)114-96-51-24-22-49-92(96)109-94-65-95-99(66-98(94)113(81-41-20-7-21-42-81)100-61-84(62-101(114)104(100)109)111-67-79-55-69-53-77(79)59-82(111)57-69)116(108-90(75-37-16-5-17-38-75)47-28-48-91(108)76-39-18-6-19-40-76)103-64-85(112-68-80-56-70-54-78(80)60-83(112)58-70)63-102-105(103)110(95)93-50-23-25-52-97(93)115(102)107-88(73-33-12-3-13-34-73)45-27-46-89(107)74-35-14-4-15-36-74/h1-52,61-66,69-70,77-80,82-83H,53-60,67-68H2. The van der Waals surface area contributed by atoms with Gasteiger partial charge < -0.3 is 29.4 Å². The summed E-state index contributed by atoms with van der Waals surface area (Å²) >= 11 is 0. The van der Waals surface area contributed by atoms with E-state index < -0.39 is 0 Å². The number of nitrogens with zero attached hydrogens (tertiary/aromatic N) is 6. The van der Waals surface area contributed by atoms with Crippen molar-refractivity contribution in [3.8, 4) is 66.8 Å². The minimum Gasteiger partial charge on any atom is -0.368 e. The second-order valence-electron chi connectivity index (χ2n) is 35.0. The van der Waals surface area contributed by atoms with Crippen LogP contribution in [0.15, 0.2) is 352 Å². The fourth-order valence-corrected chi connectivity index (χ4v) is 24.4. The molecule has 6 aliphatic heterocycles. The molecule has 10 aliphatic rings. The van der Waals surface area contributed by atoms with Crippen molar-refractivity contribution in [2.24, 2.45) is 35.5 Å². The maximum atomic E-state index is 2.93. The summed E-state index contributed by atoms with van der Waals surface area (Å²) in [5.41, 5.74) is 39.2. The molecule has 4 aliphatic carbocycles. The summed E-state index contributed by atoms with van der Waals surface area (Å²) < 4.78 is 0. The van der Waals surface area contributed by atoms with Gasteiger partial charge in [0.1, 0.15) is 0 Å². The molecule has 0 aromatic heterocycles. The molecule has 6 bridgehead atoms. The Hall–Kier alpha value is -12.8. The van der Waals surface area contributed by atoms with Gasteiger partial charge in [-0.05, 0) is 208 Å². The number of rotatable bonds is 12. The van der Waals surface area contributed by atoms with E-state index in [1.54, 1.807) is 0 Å². The lowest BCUT2D eigenvalue weighted by Gasteiger charge is -2.50. The van der Waals surface area contributed by atoms with Crippen LogP contribution in [-0.4, -0.2) is 38.6 Å². The van der Waals surface area contributed by atoms with E-state index in [1.165, 1.54) is 225 Å². The Balaban J connectivity index is 0.821. The lowest BCUT2D eigenvalue weighted by molar-refractivity contribution is 0.242. The first kappa shape index (κ1) is 66.6. The van der Waals surface area contributed by atoms with Crippen LogP contribution in [0.4, 0.5) is 79.6 Å². The molecule has 4 saturated carbocycles. The molecule has 0 radical (unpaired) electrons. The molecule has 0 spiro atoms. The van der Waals surface area contributed by atoms with E-state index in [-0.39, 0.29) is 13.4 Å². The normalized spacial score (nSPS) is 21.0. The van der Waals surface area contributed by atoms with E-state index in [2.05, 4.69) is 381 Å². The van der Waals surface area contributed by atoms with Gasteiger partial charge in [-0.1, -0.05) is 297 Å². The van der Waals surface area contributed by atoms with Gasteiger partial charge in [0.05, 0.1) is 17.1 Å². The third-order valence-electron chi connectivity index (χ3n) is 29.0. The molecule has 554 valence electrons. The lowest BCUT2D eigenvalue weighted by Crippen LogP contribution is -2.65. The van der Waals surface area contributed by atoms with Crippen molar-refractivity contribution in [2.45, 2.75) is 63.5 Å². The average molecular weight is 1490 g/mol. The van der Waals surface area contributed by atoms with Gasteiger partial charge in [0, 0.05) is 121 Å². The third-order valence-corrected chi connectivity index (χ3v) is 29.0. The quantitative estimate of drug-likeness (QED) is 0.113. The number of piperidine rings is 2. The fourth-order valence-electron chi connectivity index (χ4n) is 24.4. The first-order valence-corrected chi connectivity index (χ1v) is 42.8. The molecule has 6 fully saturated rings. The molecule has 8 heteroatoms. The van der Waals surface area contributed by atoms with Gasteiger partial charge >= 0.3 is 0 Å². The summed E-state index contributed by atoms with van der Waals surface area (Å²) in [6, 6.07) is 137. The minimum atomic E-state index is -0.223. The van der Waals surface area contributed by atoms with Crippen LogP contribution >= 0.6 is 0 Å². The minimum absolute atomic E-state index is 0.196. The molecule has 116 heavy (non-hydrogen) atoms. The van der Waals surface area contributed by atoms with Crippen molar-refractivity contribution >= 4 is 126 Å². The van der Waals surface area contributed by atoms with Gasteiger partial charge in [-0.2, -0.15) is 0 Å². The Kier molecular flexibility index (Phi) is 15.2. The number of hydrogen-bond acceptors (Lipinski definition) is 6. The fraction of sp³-hybridized carbons (Fsp3) is 0.167. The van der Waals surface area contributed by atoms with Crippen molar-refractivity contribution < 1.29 is 0 Å². The summed E-state index contributed by atoms with van der Waals surface area (Å²) in [6.07, 6.45) is 10.5. The van der Waals surface area contributed by atoms with E-state index in [0.717, 1.165) is 42.4 Å². The van der Waals surface area contributed by atoms with Gasteiger partial charge in [-0.15, -0.1) is 0 Å². The Morgan fingerprint density at radius 2 is 0.500 bits per heavy atom. The SMILES string of the molecule is c1ccc(-c2cccc(-c3ccccc3)c2N2c3ccccc3B3c4cc5c(cc4N(c4ccccc4)c4cc(N6CC7CC8CC7CC6C8)cc2c43)N(c2c(-c3ccccc3)cccc2-c2ccccc2)c2cc(N3CC4CC6CC4CC3C6)cc3c2B5c2ccccc2N3c2c(-c3ccccc3)cccc2-c2ccccc2)cc1. The molecule has 25 rings (SSSR count). The largest absolute Gasteiger partial charge is 0.368 e. The van der Waals surface area contributed by atoms with Crippen LogP contribution in [0.5, 0.6) is 0 Å². The maximum absolute atomic E-state index is 2.93. The molecule has 0 N–H and O–H groups in total. The zero-order valence-corrected chi connectivity index (χ0v) is 65.0. The average Bonchev–Trinajstić information content (AvgIpc) is 0.772. The Labute approximate surface area is 681 Å². The first-order valence-electron chi connectivity index (χ1n) is 42.8. The van der Waals surface area contributed by atoms with Crippen molar-refractivity contribution in [3.05, 3.63) is 352 Å². The van der Waals surface area contributed by atoms with E-state index in [1.807, 2.05) is 0 Å². The van der Waals surface area contributed by atoms with Crippen molar-refractivity contribution in [3.63, 3.8) is 0 Å². The van der Waals surface area contributed by atoms with Crippen molar-refractivity contribution in [2.75, 3.05) is 42.5 Å². The number of para-hydroxylation sites is 6. The van der Waals surface area contributed by atoms with Crippen LogP contribution in [0, 0.1) is 35.5 Å². The molecule has 8 atom stereocenters.